The van der Waals surface area contributed by atoms with Crippen LogP contribution in [0.25, 0.3) is 0 Å². The number of benzene rings is 1. The lowest BCUT2D eigenvalue weighted by Crippen LogP contribution is -2.15. The van der Waals surface area contributed by atoms with E-state index in [0.29, 0.717) is 0 Å². The fourth-order valence-electron chi connectivity index (χ4n) is 2.23. The van der Waals surface area contributed by atoms with Gasteiger partial charge in [-0.15, -0.1) is 0 Å². The van der Waals surface area contributed by atoms with Crippen LogP contribution in [-0.4, -0.2) is 9.78 Å². The van der Waals surface area contributed by atoms with Gasteiger partial charge in [-0.25, -0.2) is 0 Å². The summed E-state index contributed by atoms with van der Waals surface area (Å²) >= 11 is 3.59. The van der Waals surface area contributed by atoms with E-state index in [1.54, 1.807) is 0 Å². The number of hydrogen-bond acceptors (Lipinski definition) is 2. The summed E-state index contributed by atoms with van der Waals surface area (Å²) in [5.74, 6) is 0. The van der Waals surface area contributed by atoms with Crippen LogP contribution >= 0.6 is 15.9 Å². The zero-order chi connectivity index (χ0) is 14.0. The van der Waals surface area contributed by atoms with Gasteiger partial charge in [-0.1, -0.05) is 31.2 Å². The van der Waals surface area contributed by atoms with Gasteiger partial charge in [0.15, 0.2) is 0 Å². The van der Waals surface area contributed by atoms with E-state index in [9.17, 15) is 0 Å². The second kappa shape index (κ2) is 5.88. The summed E-state index contributed by atoms with van der Waals surface area (Å²) in [7, 11) is 1.96. The summed E-state index contributed by atoms with van der Waals surface area (Å²) < 4.78 is 2.97. The molecule has 2 N–H and O–H groups in total. The van der Waals surface area contributed by atoms with Gasteiger partial charge < -0.3 is 5.73 Å². The molecule has 1 atom stereocenters. The molecular weight excluding hydrogens is 302 g/mol. The quantitative estimate of drug-likeness (QED) is 0.939. The van der Waals surface area contributed by atoms with Crippen molar-refractivity contribution in [1.82, 2.24) is 9.78 Å². The zero-order valence-electron chi connectivity index (χ0n) is 11.7. The Labute approximate surface area is 122 Å². The number of aromatic nitrogens is 2. The van der Waals surface area contributed by atoms with Gasteiger partial charge in [-0.05, 0) is 40.4 Å². The monoisotopic (exact) mass is 321 g/mol. The molecule has 19 heavy (non-hydrogen) atoms. The molecule has 1 heterocycles. The lowest BCUT2D eigenvalue weighted by Gasteiger charge is -2.13. The fraction of sp³-hybridized carbons (Fsp3) is 0.400. The number of aryl methyl sites for hydroxylation is 3. The fourth-order valence-corrected chi connectivity index (χ4v) is 2.73. The van der Waals surface area contributed by atoms with Crippen molar-refractivity contribution in [2.45, 2.75) is 32.7 Å². The van der Waals surface area contributed by atoms with E-state index in [1.807, 2.05) is 18.7 Å². The van der Waals surface area contributed by atoms with Gasteiger partial charge in [-0.3, -0.25) is 4.68 Å². The molecule has 2 rings (SSSR count). The molecule has 0 bridgehead atoms. The van der Waals surface area contributed by atoms with Gasteiger partial charge >= 0.3 is 0 Å². The number of nitrogens with zero attached hydrogens (tertiary/aromatic N) is 2. The molecule has 1 unspecified atom stereocenters. The predicted molar refractivity (Wildman–Crippen MR) is 82.1 cm³/mol. The van der Waals surface area contributed by atoms with E-state index < -0.39 is 0 Å². The first-order chi connectivity index (χ1) is 9.02. The molecule has 0 fully saturated rings. The molecule has 1 aromatic carbocycles. The van der Waals surface area contributed by atoms with Crippen molar-refractivity contribution in [2.24, 2.45) is 12.8 Å². The van der Waals surface area contributed by atoms with Gasteiger partial charge in [0.1, 0.15) is 0 Å². The summed E-state index contributed by atoms with van der Waals surface area (Å²) in [4.78, 5) is 0. The zero-order valence-corrected chi connectivity index (χ0v) is 13.2. The maximum atomic E-state index is 6.30. The number of hydrogen-bond donors (Lipinski definition) is 1. The predicted octanol–water partition coefficient (Wildman–Crippen LogP) is 3.30. The molecule has 2 aromatic rings. The van der Waals surface area contributed by atoms with Crippen molar-refractivity contribution in [3.05, 3.63) is 51.3 Å². The van der Waals surface area contributed by atoms with Gasteiger partial charge in [0.05, 0.1) is 15.9 Å². The Morgan fingerprint density at radius 2 is 1.95 bits per heavy atom. The molecule has 0 aliphatic heterocycles. The minimum atomic E-state index is -0.00277. The Bertz CT molecular complexity index is 558. The molecule has 1 aromatic heterocycles. The highest BCUT2D eigenvalue weighted by Crippen LogP contribution is 2.25. The summed E-state index contributed by atoms with van der Waals surface area (Å²) in [5, 5.41) is 4.40. The van der Waals surface area contributed by atoms with Crippen molar-refractivity contribution in [3.63, 3.8) is 0 Å². The lowest BCUT2D eigenvalue weighted by molar-refractivity contribution is 0.638. The standard InChI is InChI=1S/C15H20BrN3/c1-4-11-5-7-12(8-6-11)13(17)9-14-15(16)10(2)18-19(14)3/h5-8,13H,4,9,17H2,1-3H3. The number of nitrogens with two attached hydrogens (primary N) is 1. The molecule has 0 aliphatic carbocycles. The smallest absolute Gasteiger partial charge is 0.0738 e. The number of rotatable bonds is 4. The summed E-state index contributed by atoms with van der Waals surface area (Å²) in [6.07, 6.45) is 1.84. The molecule has 102 valence electrons. The van der Waals surface area contributed by atoms with Gasteiger partial charge in [-0.2, -0.15) is 5.10 Å². The average Bonchev–Trinajstić information content (AvgIpc) is 2.65. The third-order valence-electron chi connectivity index (χ3n) is 3.49. The first-order valence-corrected chi connectivity index (χ1v) is 7.34. The maximum Gasteiger partial charge on any atom is 0.0738 e. The SMILES string of the molecule is CCc1ccc(C(N)Cc2c(Br)c(C)nn2C)cc1. The highest BCUT2D eigenvalue weighted by Gasteiger charge is 2.15. The maximum absolute atomic E-state index is 6.30. The Hall–Kier alpha value is -1.13. The Morgan fingerprint density at radius 1 is 1.32 bits per heavy atom. The second-order valence-corrected chi connectivity index (χ2v) is 5.67. The molecule has 0 spiro atoms. The lowest BCUT2D eigenvalue weighted by atomic mass is 10.0. The minimum Gasteiger partial charge on any atom is -0.324 e. The van der Waals surface area contributed by atoms with Crippen molar-refractivity contribution in [1.29, 1.82) is 0 Å². The third-order valence-corrected chi connectivity index (χ3v) is 4.52. The van der Waals surface area contributed by atoms with E-state index in [1.165, 1.54) is 11.1 Å². The summed E-state index contributed by atoms with van der Waals surface area (Å²) in [6.45, 7) is 4.15. The highest BCUT2D eigenvalue weighted by molar-refractivity contribution is 9.10. The van der Waals surface area contributed by atoms with Crippen LogP contribution in [0.1, 0.15) is 35.5 Å². The molecule has 0 amide bonds. The highest BCUT2D eigenvalue weighted by atomic mass is 79.9. The van der Waals surface area contributed by atoms with Crippen molar-refractivity contribution in [2.75, 3.05) is 0 Å². The molecule has 3 nitrogen and oxygen atoms in total. The molecule has 4 heteroatoms. The van der Waals surface area contributed by atoms with E-state index in [2.05, 4.69) is 52.2 Å². The van der Waals surface area contributed by atoms with Crippen LogP contribution in [0.3, 0.4) is 0 Å². The normalized spacial score (nSPS) is 12.7. The largest absolute Gasteiger partial charge is 0.324 e. The minimum absolute atomic E-state index is 0.00277. The average molecular weight is 322 g/mol. The Kier molecular flexibility index (Phi) is 4.42. The molecule has 0 aliphatic rings. The van der Waals surface area contributed by atoms with Gasteiger partial charge in [0.2, 0.25) is 0 Å². The van der Waals surface area contributed by atoms with Gasteiger partial charge in [0, 0.05) is 19.5 Å². The van der Waals surface area contributed by atoms with E-state index in [4.69, 9.17) is 5.73 Å². The van der Waals surface area contributed by atoms with Crippen LogP contribution in [0.2, 0.25) is 0 Å². The second-order valence-electron chi connectivity index (χ2n) is 4.88. The molecule has 0 saturated heterocycles. The van der Waals surface area contributed by atoms with E-state index >= 15 is 0 Å². The van der Waals surface area contributed by atoms with E-state index in [0.717, 1.165) is 28.7 Å². The Balaban J connectivity index is 2.17. The molecule has 0 radical (unpaired) electrons. The summed E-state index contributed by atoms with van der Waals surface area (Å²) in [5.41, 5.74) is 11.0. The van der Waals surface area contributed by atoms with Gasteiger partial charge in [0.25, 0.3) is 0 Å². The first kappa shape index (κ1) is 14.3. The van der Waals surface area contributed by atoms with Crippen LogP contribution in [0, 0.1) is 6.92 Å². The number of halogens is 1. The van der Waals surface area contributed by atoms with Crippen molar-refractivity contribution >= 4 is 15.9 Å². The molecule has 0 saturated carbocycles. The van der Waals surface area contributed by atoms with Crippen LogP contribution in [0.5, 0.6) is 0 Å². The first-order valence-electron chi connectivity index (χ1n) is 6.55. The summed E-state index contributed by atoms with van der Waals surface area (Å²) in [6, 6.07) is 8.55. The van der Waals surface area contributed by atoms with E-state index in [-0.39, 0.29) is 6.04 Å². The topological polar surface area (TPSA) is 43.8 Å². The van der Waals surface area contributed by atoms with Crippen LogP contribution in [-0.2, 0) is 19.9 Å². The van der Waals surface area contributed by atoms with Crippen molar-refractivity contribution in [3.8, 4) is 0 Å². The van der Waals surface area contributed by atoms with Crippen LogP contribution < -0.4 is 5.73 Å². The Morgan fingerprint density at radius 3 is 2.42 bits per heavy atom. The van der Waals surface area contributed by atoms with Crippen LogP contribution in [0.15, 0.2) is 28.7 Å². The van der Waals surface area contributed by atoms with Crippen LogP contribution in [0.4, 0.5) is 0 Å². The third kappa shape index (κ3) is 3.07. The van der Waals surface area contributed by atoms with Crippen molar-refractivity contribution < 1.29 is 0 Å². The molecular formula is C15H20BrN3.